The lowest BCUT2D eigenvalue weighted by molar-refractivity contribution is 0.0698. The predicted octanol–water partition coefficient (Wildman–Crippen LogP) is 1.94. The fraction of sp³-hybridized carbons (Fsp3) is 0.154. The number of carboxylic acid groups (broad SMARTS) is 1. The first kappa shape index (κ1) is 13.6. The molecule has 104 valence electrons. The van der Waals surface area contributed by atoms with Crippen molar-refractivity contribution >= 4 is 17.6 Å². The molecule has 2 N–H and O–H groups in total. The number of carboxylic acids is 1. The molecule has 0 saturated heterocycles. The number of hydrogen-bond acceptors (Lipinski definition) is 5. The monoisotopic (exact) mass is 276 g/mol. The quantitative estimate of drug-likeness (QED) is 0.884. The highest BCUT2D eigenvalue weighted by atomic mass is 16.5. The molecule has 0 spiro atoms. The van der Waals surface area contributed by atoms with Crippen LogP contribution in [0.4, 0.5) is 5.69 Å². The predicted molar refractivity (Wildman–Crippen MR) is 69.1 cm³/mol. The fourth-order valence-electron chi connectivity index (χ4n) is 1.65. The van der Waals surface area contributed by atoms with Gasteiger partial charge in [0.05, 0.1) is 24.6 Å². The van der Waals surface area contributed by atoms with E-state index in [1.165, 1.54) is 31.5 Å². The van der Waals surface area contributed by atoms with E-state index < -0.39 is 11.9 Å². The van der Waals surface area contributed by atoms with Crippen LogP contribution in [0.1, 0.15) is 26.5 Å². The Labute approximate surface area is 114 Å². The Hall–Kier alpha value is -2.83. The van der Waals surface area contributed by atoms with Gasteiger partial charge in [-0.05, 0) is 19.1 Å². The average Bonchev–Trinajstić information content (AvgIpc) is 2.84. The third-order valence-corrected chi connectivity index (χ3v) is 2.70. The van der Waals surface area contributed by atoms with Crippen LogP contribution in [0.3, 0.4) is 0 Å². The SMILES string of the molecule is COc1ccc(C(=O)O)c(NC(=O)c2cnoc2C)c1. The molecule has 1 amide bonds. The molecule has 1 heterocycles. The topological polar surface area (TPSA) is 102 Å². The first-order chi connectivity index (χ1) is 9.52. The number of hydrogen-bond donors (Lipinski definition) is 2. The van der Waals surface area contributed by atoms with Gasteiger partial charge in [-0.1, -0.05) is 5.16 Å². The minimum absolute atomic E-state index is 0.0340. The molecule has 1 aromatic heterocycles. The van der Waals surface area contributed by atoms with Gasteiger partial charge in [0.2, 0.25) is 0 Å². The van der Waals surface area contributed by atoms with Gasteiger partial charge < -0.3 is 19.7 Å². The van der Waals surface area contributed by atoms with E-state index >= 15 is 0 Å². The van der Waals surface area contributed by atoms with E-state index in [-0.39, 0.29) is 16.8 Å². The molecule has 0 fully saturated rings. The van der Waals surface area contributed by atoms with E-state index in [1.807, 2.05) is 0 Å². The molecule has 0 aliphatic rings. The summed E-state index contributed by atoms with van der Waals surface area (Å²) in [5, 5.41) is 15.1. The lowest BCUT2D eigenvalue weighted by Gasteiger charge is -2.09. The van der Waals surface area contributed by atoms with E-state index in [0.29, 0.717) is 11.5 Å². The van der Waals surface area contributed by atoms with Crippen LogP contribution in [0.2, 0.25) is 0 Å². The Bertz CT molecular complexity index is 663. The van der Waals surface area contributed by atoms with Crippen LogP contribution in [0.5, 0.6) is 5.75 Å². The van der Waals surface area contributed by atoms with E-state index in [2.05, 4.69) is 10.5 Å². The van der Waals surface area contributed by atoms with Crippen molar-refractivity contribution in [2.45, 2.75) is 6.92 Å². The summed E-state index contributed by atoms with van der Waals surface area (Å²) in [6.07, 6.45) is 1.27. The molecule has 0 radical (unpaired) electrons. The van der Waals surface area contributed by atoms with Gasteiger partial charge in [-0.2, -0.15) is 0 Å². The maximum Gasteiger partial charge on any atom is 0.337 e. The standard InChI is InChI=1S/C13H12N2O5/c1-7-10(6-14-20-7)12(16)15-11-5-8(19-2)3-4-9(11)13(17)18/h3-6H,1-2H3,(H,15,16)(H,17,18). The van der Waals surface area contributed by atoms with Crippen molar-refractivity contribution in [2.75, 3.05) is 12.4 Å². The zero-order chi connectivity index (χ0) is 14.7. The van der Waals surface area contributed by atoms with Crippen LogP contribution < -0.4 is 10.1 Å². The highest BCUT2D eigenvalue weighted by Crippen LogP contribution is 2.23. The Kier molecular flexibility index (Phi) is 3.69. The fourth-order valence-corrected chi connectivity index (χ4v) is 1.65. The molecule has 0 aliphatic carbocycles. The molecule has 2 aromatic rings. The molecular weight excluding hydrogens is 264 g/mol. The van der Waals surface area contributed by atoms with Gasteiger partial charge in [0.15, 0.2) is 0 Å². The molecule has 7 nitrogen and oxygen atoms in total. The Morgan fingerprint density at radius 2 is 2.10 bits per heavy atom. The van der Waals surface area contributed by atoms with Gasteiger partial charge in [0.1, 0.15) is 17.1 Å². The van der Waals surface area contributed by atoms with Gasteiger partial charge in [0.25, 0.3) is 5.91 Å². The van der Waals surface area contributed by atoms with Gasteiger partial charge in [-0.3, -0.25) is 4.79 Å². The number of aromatic carboxylic acids is 1. The summed E-state index contributed by atoms with van der Waals surface area (Å²) < 4.78 is 9.80. The minimum atomic E-state index is -1.15. The second-order valence-corrected chi connectivity index (χ2v) is 3.97. The second-order valence-electron chi connectivity index (χ2n) is 3.97. The molecule has 1 aromatic carbocycles. The van der Waals surface area contributed by atoms with Crippen molar-refractivity contribution in [2.24, 2.45) is 0 Å². The van der Waals surface area contributed by atoms with Crippen molar-refractivity contribution in [1.29, 1.82) is 0 Å². The number of rotatable bonds is 4. The van der Waals surface area contributed by atoms with Crippen LogP contribution in [-0.2, 0) is 0 Å². The van der Waals surface area contributed by atoms with Crippen LogP contribution in [0.25, 0.3) is 0 Å². The van der Waals surface area contributed by atoms with E-state index in [0.717, 1.165) is 0 Å². The normalized spacial score (nSPS) is 10.1. The smallest absolute Gasteiger partial charge is 0.337 e. The minimum Gasteiger partial charge on any atom is -0.497 e. The maximum atomic E-state index is 12.0. The number of aryl methyl sites for hydroxylation is 1. The van der Waals surface area contributed by atoms with Crippen molar-refractivity contribution < 1.29 is 24.0 Å². The average molecular weight is 276 g/mol. The Balaban J connectivity index is 2.34. The van der Waals surface area contributed by atoms with E-state index in [1.54, 1.807) is 6.92 Å². The van der Waals surface area contributed by atoms with Gasteiger partial charge >= 0.3 is 5.97 Å². The zero-order valence-corrected chi connectivity index (χ0v) is 10.8. The Morgan fingerprint density at radius 3 is 2.65 bits per heavy atom. The third-order valence-electron chi connectivity index (χ3n) is 2.70. The molecular formula is C13H12N2O5. The summed E-state index contributed by atoms with van der Waals surface area (Å²) in [6, 6.07) is 4.30. The summed E-state index contributed by atoms with van der Waals surface area (Å²) in [7, 11) is 1.45. The third kappa shape index (κ3) is 2.61. The van der Waals surface area contributed by atoms with Crippen LogP contribution in [0, 0.1) is 6.92 Å². The van der Waals surface area contributed by atoms with E-state index in [4.69, 9.17) is 14.4 Å². The van der Waals surface area contributed by atoms with Crippen molar-refractivity contribution in [3.8, 4) is 5.75 Å². The molecule has 2 rings (SSSR count). The second kappa shape index (κ2) is 5.43. The van der Waals surface area contributed by atoms with Crippen molar-refractivity contribution in [3.05, 3.63) is 41.3 Å². The lowest BCUT2D eigenvalue weighted by atomic mass is 10.1. The van der Waals surface area contributed by atoms with E-state index in [9.17, 15) is 9.59 Å². The van der Waals surface area contributed by atoms with Crippen LogP contribution in [-0.4, -0.2) is 29.2 Å². The van der Waals surface area contributed by atoms with Gasteiger partial charge in [-0.15, -0.1) is 0 Å². The van der Waals surface area contributed by atoms with Crippen molar-refractivity contribution in [1.82, 2.24) is 5.16 Å². The molecule has 0 saturated carbocycles. The number of aromatic nitrogens is 1. The number of methoxy groups -OCH3 is 1. The summed E-state index contributed by atoms with van der Waals surface area (Å²) >= 11 is 0. The molecule has 7 heteroatoms. The maximum absolute atomic E-state index is 12.0. The van der Waals surface area contributed by atoms with Crippen molar-refractivity contribution in [3.63, 3.8) is 0 Å². The summed E-state index contributed by atoms with van der Waals surface area (Å²) in [5.41, 5.74) is 0.347. The number of carbonyl (C=O) groups is 2. The lowest BCUT2D eigenvalue weighted by Crippen LogP contribution is -2.15. The number of amides is 1. The first-order valence-corrected chi connectivity index (χ1v) is 5.67. The van der Waals surface area contributed by atoms with Crippen LogP contribution in [0.15, 0.2) is 28.9 Å². The van der Waals surface area contributed by atoms with Gasteiger partial charge in [-0.25, -0.2) is 4.79 Å². The molecule has 0 aliphatic heterocycles. The summed E-state index contributed by atoms with van der Waals surface area (Å²) in [4.78, 5) is 23.2. The zero-order valence-electron chi connectivity index (χ0n) is 10.8. The number of benzene rings is 1. The molecule has 0 bridgehead atoms. The number of carbonyl (C=O) groups excluding carboxylic acids is 1. The first-order valence-electron chi connectivity index (χ1n) is 5.67. The van der Waals surface area contributed by atoms with Crippen LogP contribution >= 0.6 is 0 Å². The number of ether oxygens (including phenoxy) is 1. The Morgan fingerprint density at radius 1 is 1.35 bits per heavy atom. The largest absolute Gasteiger partial charge is 0.497 e. The molecule has 0 atom stereocenters. The summed E-state index contributed by atoms with van der Waals surface area (Å²) in [6.45, 7) is 1.59. The number of anilines is 1. The summed E-state index contributed by atoms with van der Waals surface area (Å²) in [5.74, 6) is -0.862. The highest BCUT2D eigenvalue weighted by Gasteiger charge is 2.17. The molecule has 0 unspecified atom stereocenters. The number of nitrogens with zero attached hydrogens (tertiary/aromatic N) is 1. The number of nitrogens with one attached hydrogen (secondary N) is 1. The van der Waals surface area contributed by atoms with Gasteiger partial charge in [0, 0.05) is 6.07 Å². The highest BCUT2D eigenvalue weighted by molar-refractivity contribution is 6.08. The molecule has 20 heavy (non-hydrogen) atoms.